The van der Waals surface area contributed by atoms with E-state index in [1.807, 2.05) is 0 Å². The number of hydrogen-bond donors (Lipinski definition) is 1. The Labute approximate surface area is 112 Å². The largest absolute Gasteiger partial charge is 0.478 e. The molecular formula is C14H19NO4. The average Bonchev–Trinajstić information content (AvgIpc) is 2.87. The van der Waals surface area contributed by atoms with E-state index in [0.717, 1.165) is 26.0 Å². The molecule has 2 atom stereocenters. The molecule has 1 N–H and O–H groups in total. The molecule has 1 saturated carbocycles. The highest BCUT2D eigenvalue weighted by atomic mass is 16.5. The first-order valence-electron chi connectivity index (χ1n) is 6.91. The molecule has 2 heterocycles. The molecule has 104 valence electrons. The zero-order valence-corrected chi connectivity index (χ0v) is 10.9. The average molecular weight is 265 g/mol. The molecular weight excluding hydrogens is 246 g/mol. The fourth-order valence-corrected chi connectivity index (χ4v) is 3.21. The van der Waals surface area contributed by atoms with Crippen LogP contribution < -0.4 is 0 Å². The molecule has 19 heavy (non-hydrogen) atoms. The van der Waals surface area contributed by atoms with E-state index >= 15 is 0 Å². The van der Waals surface area contributed by atoms with Crippen LogP contribution in [-0.2, 0) is 11.3 Å². The molecule has 0 radical (unpaired) electrons. The fraction of sp³-hybridized carbons (Fsp3) is 0.643. The zero-order chi connectivity index (χ0) is 13.2. The molecule has 1 aromatic rings. The zero-order valence-electron chi connectivity index (χ0n) is 10.9. The van der Waals surface area contributed by atoms with Crippen LogP contribution >= 0.6 is 0 Å². The van der Waals surface area contributed by atoms with Gasteiger partial charge in [0.25, 0.3) is 0 Å². The minimum Gasteiger partial charge on any atom is -0.478 e. The van der Waals surface area contributed by atoms with Crippen molar-refractivity contribution in [1.82, 2.24) is 4.90 Å². The van der Waals surface area contributed by atoms with Gasteiger partial charge in [0.15, 0.2) is 0 Å². The molecule has 0 amide bonds. The van der Waals surface area contributed by atoms with E-state index in [0.29, 0.717) is 24.5 Å². The number of nitrogens with zero attached hydrogens (tertiary/aromatic N) is 1. The van der Waals surface area contributed by atoms with E-state index < -0.39 is 5.97 Å². The first kappa shape index (κ1) is 12.7. The van der Waals surface area contributed by atoms with Crippen LogP contribution in [0.4, 0.5) is 0 Å². The molecule has 0 spiro atoms. The van der Waals surface area contributed by atoms with Gasteiger partial charge in [0.1, 0.15) is 11.3 Å². The summed E-state index contributed by atoms with van der Waals surface area (Å²) in [5.41, 5.74) is 0.277. The van der Waals surface area contributed by atoms with Crippen LogP contribution in [-0.4, -0.2) is 41.3 Å². The predicted octanol–water partition coefficient (Wildman–Crippen LogP) is 2.12. The van der Waals surface area contributed by atoms with Gasteiger partial charge in [0, 0.05) is 12.6 Å². The lowest BCUT2D eigenvalue weighted by atomic mass is 9.90. The molecule has 1 aliphatic heterocycles. The lowest BCUT2D eigenvalue weighted by Gasteiger charge is -2.43. The van der Waals surface area contributed by atoms with E-state index in [4.69, 9.17) is 14.3 Å². The van der Waals surface area contributed by atoms with Crippen molar-refractivity contribution in [2.45, 2.75) is 44.4 Å². The smallest absolute Gasteiger partial charge is 0.339 e. The molecule has 5 heteroatoms. The SMILES string of the molecule is O=C(O)c1ccoc1CN1CCOC2CCCCC21. The summed E-state index contributed by atoms with van der Waals surface area (Å²) in [4.78, 5) is 13.4. The topological polar surface area (TPSA) is 62.9 Å². The van der Waals surface area contributed by atoms with Gasteiger partial charge in [-0.1, -0.05) is 12.8 Å². The molecule has 1 aliphatic carbocycles. The molecule has 1 aromatic heterocycles. The number of carboxylic acid groups (broad SMARTS) is 1. The van der Waals surface area contributed by atoms with Crippen LogP contribution in [0.2, 0.25) is 0 Å². The van der Waals surface area contributed by atoms with Gasteiger partial charge in [0.2, 0.25) is 0 Å². The van der Waals surface area contributed by atoms with Gasteiger partial charge < -0.3 is 14.3 Å². The van der Waals surface area contributed by atoms with E-state index in [9.17, 15) is 4.79 Å². The molecule has 2 aliphatic rings. The summed E-state index contributed by atoms with van der Waals surface area (Å²) in [6, 6.07) is 1.94. The van der Waals surface area contributed by atoms with E-state index in [2.05, 4.69) is 4.90 Å². The maximum Gasteiger partial charge on any atom is 0.339 e. The maximum absolute atomic E-state index is 11.1. The van der Waals surface area contributed by atoms with E-state index in [1.165, 1.54) is 25.2 Å². The number of rotatable bonds is 3. The van der Waals surface area contributed by atoms with Crippen molar-refractivity contribution in [2.24, 2.45) is 0 Å². The van der Waals surface area contributed by atoms with Gasteiger partial charge in [-0.2, -0.15) is 0 Å². The number of morpholine rings is 1. The lowest BCUT2D eigenvalue weighted by molar-refractivity contribution is -0.0927. The second kappa shape index (κ2) is 5.35. The molecule has 0 bridgehead atoms. The highest BCUT2D eigenvalue weighted by Gasteiger charge is 2.35. The van der Waals surface area contributed by atoms with Gasteiger partial charge in [-0.3, -0.25) is 4.90 Å². The number of carbonyl (C=O) groups is 1. The minimum atomic E-state index is -0.919. The highest BCUT2D eigenvalue weighted by molar-refractivity contribution is 5.88. The third kappa shape index (κ3) is 2.53. The Bertz CT molecular complexity index is 454. The monoisotopic (exact) mass is 265 g/mol. The third-order valence-corrected chi connectivity index (χ3v) is 4.17. The van der Waals surface area contributed by atoms with Crippen LogP contribution in [0.5, 0.6) is 0 Å². The summed E-state index contributed by atoms with van der Waals surface area (Å²) < 4.78 is 11.2. The summed E-state index contributed by atoms with van der Waals surface area (Å²) in [6.45, 7) is 2.14. The van der Waals surface area contributed by atoms with Gasteiger partial charge in [-0.25, -0.2) is 4.79 Å². The van der Waals surface area contributed by atoms with Crippen molar-refractivity contribution in [2.75, 3.05) is 13.2 Å². The second-order valence-corrected chi connectivity index (χ2v) is 5.29. The summed E-state index contributed by atoms with van der Waals surface area (Å²) in [5, 5.41) is 9.11. The van der Waals surface area contributed by atoms with E-state index in [-0.39, 0.29) is 5.56 Å². The Hall–Kier alpha value is -1.33. The third-order valence-electron chi connectivity index (χ3n) is 4.17. The Kier molecular flexibility index (Phi) is 3.57. The quantitative estimate of drug-likeness (QED) is 0.907. The first-order chi connectivity index (χ1) is 9.25. The van der Waals surface area contributed by atoms with Crippen LogP contribution in [0, 0.1) is 0 Å². The predicted molar refractivity (Wildman–Crippen MR) is 68.1 cm³/mol. The standard InChI is InChI=1S/C14H19NO4/c16-14(17)10-5-7-18-13(10)9-15-6-8-19-12-4-2-1-3-11(12)15/h5,7,11-12H,1-4,6,8-9H2,(H,16,17). The summed E-state index contributed by atoms with van der Waals surface area (Å²) >= 11 is 0. The lowest BCUT2D eigenvalue weighted by Crippen LogP contribution is -2.52. The number of furan rings is 1. The number of ether oxygens (including phenoxy) is 1. The summed E-state index contributed by atoms with van der Waals surface area (Å²) in [7, 11) is 0. The van der Waals surface area contributed by atoms with Crippen molar-refractivity contribution >= 4 is 5.97 Å². The Morgan fingerprint density at radius 1 is 1.42 bits per heavy atom. The van der Waals surface area contributed by atoms with Gasteiger partial charge >= 0.3 is 5.97 Å². The van der Waals surface area contributed by atoms with Crippen LogP contribution in [0.25, 0.3) is 0 Å². The second-order valence-electron chi connectivity index (χ2n) is 5.29. The highest BCUT2D eigenvalue weighted by Crippen LogP contribution is 2.30. The fourth-order valence-electron chi connectivity index (χ4n) is 3.21. The molecule has 1 saturated heterocycles. The number of aromatic carboxylic acids is 1. The molecule has 5 nitrogen and oxygen atoms in total. The Balaban J connectivity index is 1.74. The normalized spacial score (nSPS) is 28.0. The van der Waals surface area contributed by atoms with Crippen molar-refractivity contribution in [3.05, 3.63) is 23.7 Å². The van der Waals surface area contributed by atoms with Gasteiger partial charge in [-0.05, 0) is 18.9 Å². The van der Waals surface area contributed by atoms with Crippen molar-refractivity contribution in [3.8, 4) is 0 Å². The van der Waals surface area contributed by atoms with Crippen LogP contribution in [0.1, 0.15) is 41.8 Å². The molecule has 2 unspecified atom stereocenters. The van der Waals surface area contributed by atoms with Crippen molar-refractivity contribution in [3.63, 3.8) is 0 Å². The maximum atomic E-state index is 11.1. The molecule has 0 aromatic carbocycles. The number of hydrogen-bond acceptors (Lipinski definition) is 4. The van der Waals surface area contributed by atoms with E-state index in [1.54, 1.807) is 0 Å². The molecule has 3 rings (SSSR count). The van der Waals surface area contributed by atoms with Crippen LogP contribution in [0.3, 0.4) is 0 Å². The molecule has 2 fully saturated rings. The first-order valence-corrected chi connectivity index (χ1v) is 6.91. The Morgan fingerprint density at radius 2 is 2.26 bits per heavy atom. The number of fused-ring (bicyclic) bond motifs is 1. The van der Waals surface area contributed by atoms with Crippen LogP contribution in [0.15, 0.2) is 16.7 Å². The Morgan fingerprint density at radius 3 is 3.11 bits per heavy atom. The summed E-state index contributed by atoms with van der Waals surface area (Å²) in [5.74, 6) is -0.365. The minimum absolute atomic E-state index is 0.277. The van der Waals surface area contributed by atoms with Gasteiger partial charge in [-0.15, -0.1) is 0 Å². The van der Waals surface area contributed by atoms with Gasteiger partial charge in [0.05, 0.1) is 25.5 Å². The van der Waals surface area contributed by atoms with Crippen molar-refractivity contribution < 1.29 is 19.1 Å². The van der Waals surface area contributed by atoms with Crippen molar-refractivity contribution in [1.29, 1.82) is 0 Å². The summed E-state index contributed by atoms with van der Waals surface area (Å²) in [6.07, 6.45) is 6.48. The number of carboxylic acids is 1.